The average molecular weight is 465 g/mol. The molecule has 5 heteroatoms. The van der Waals surface area contributed by atoms with Crippen LogP contribution >= 0.6 is 0 Å². The van der Waals surface area contributed by atoms with E-state index in [1.165, 1.54) is 11.1 Å². The fourth-order valence-corrected chi connectivity index (χ4v) is 4.10. The molecule has 2 aromatic carbocycles. The van der Waals surface area contributed by atoms with E-state index in [0.29, 0.717) is 24.7 Å². The second-order valence-electron chi connectivity index (χ2n) is 9.85. The highest BCUT2D eigenvalue weighted by molar-refractivity contribution is 5.61. The zero-order valence-electron chi connectivity index (χ0n) is 21.6. The molecule has 3 aromatic rings. The van der Waals surface area contributed by atoms with Crippen molar-refractivity contribution in [2.45, 2.75) is 79.2 Å². The molecule has 0 aliphatic rings. The smallest absolute Gasteiger partial charge is 0.226 e. The molecule has 0 bridgehead atoms. The Morgan fingerprint density at radius 3 is 2.50 bits per heavy atom. The summed E-state index contributed by atoms with van der Waals surface area (Å²) >= 11 is 0. The van der Waals surface area contributed by atoms with Gasteiger partial charge in [0.05, 0.1) is 12.3 Å². The summed E-state index contributed by atoms with van der Waals surface area (Å²) in [4.78, 5) is 4.71. The maximum Gasteiger partial charge on any atom is 0.226 e. The zero-order chi connectivity index (χ0) is 24.7. The lowest BCUT2D eigenvalue weighted by molar-refractivity contribution is 0.317. The number of rotatable bonds is 11. The van der Waals surface area contributed by atoms with Crippen LogP contribution in [0.4, 0.5) is 0 Å². The molecule has 34 heavy (non-hydrogen) atoms. The third-order valence-electron chi connectivity index (χ3n) is 6.02. The van der Waals surface area contributed by atoms with Gasteiger partial charge in [0, 0.05) is 24.1 Å². The Kier molecular flexibility index (Phi) is 8.78. The molecule has 0 saturated heterocycles. The van der Waals surface area contributed by atoms with E-state index in [1.54, 1.807) is 6.26 Å². The van der Waals surface area contributed by atoms with E-state index in [9.17, 15) is 5.11 Å². The number of hydrogen-bond acceptors (Lipinski definition) is 5. The molecule has 3 rings (SSSR count). The van der Waals surface area contributed by atoms with Gasteiger partial charge in [-0.1, -0.05) is 60.1 Å². The van der Waals surface area contributed by atoms with Crippen LogP contribution in [0.3, 0.4) is 0 Å². The molecule has 0 fully saturated rings. The van der Waals surface area contributed by atoms with Crippen LogP contribution in [0.25, 0.3) is 11.5 Å². The molecular formula is C29H40N2O3. The van der Waals surface area contributed by atoms with Crippen LogP contribution < -0.4 is 10.1 Å². The van der Waals surface area contributed by atoms with E-state index in [-0.39, 0.29) is 5.41 Å². The van der Waals surface area contributed by atoms with Crippen LogP contribution in [0.2, 0.25) is 0 Å². The highest BCUT2D eigenvalue weighted by Gasteiger charge is 2.22. The van der Waals surface area contributed by atoms with Gasteiger partial charge in [-0.15, -0.1) is 0 Å². The number of phenols is 1. The fraction of sp³-hybridized carbons (Fsp3) is 0.483. The minimum Gasteiger partial charge on any atom is -0.507 e. The summed E-state index contributed by atoms with van der Waals surface area (Å²) in [5.74, 6) is 1.90. The molecule has 0 aliphatic heterocycles. The third kappa shape index (κ3) is 6.41. The van der Waals surface area contributed by atoms with Crippen LogP contribution in [0.5, 0.6) is 11.5 Å². The van der Waals surface area contributed by atoms with E-state index < -0.39 is 0 Å². The number of aromatic nitrogens is 1. The van der Waals surface area contributed by atoms with Crippen molar-refractivity contribution in [2.24, 2.45) is 0 Å². The first-order valence-electron chi connectivity index (χ1n) is 12.5. The van der Waals surface area contributed by atoms with E-state index >= 15 is 0 Å². The Bertz CT molecular complexity index is 1080. The molecule has 0 atom stereocenters. The summed E-state index contributed by atoms with van der Waals surface area (Å²) in [5, 5.41) is 14.1. The molecular weight excluding hydrogens is 424 g/mol. The van der Waals surface area contributed by atoms with Gasteiger partial charge in [-0.3, -0.25) is 0 Å². The quantitative estimate of drug-likeness (QED) is 0.335. The largest absolute Gasteiger partial charge is 0.507 e. The van der Waals surface area contributed by atoms with E-state index in [4.69, 9.17) is 14.1 Å². The van der Waals surface area contributed by atoms with Crippen LogP contribution in [-0.2, 0) is 31.2 Å². The number of nitrogens with zero attached hydrogens (tertiary/aromatic N) is 1. The summed E-state index contributed by atoms with van der Waals surface area (Å²) < 4.78 is 12.0. The SMILES string of the molecule is CCCc1cc(CNCC)ccc1OCCc1coc(-c2cc(CC)c(O)c(C(C)(C)C)c2)n1. The lowest BCUT2D eigenvalue weighted by atomic mass is 9.83. The second kappa shape index (κ2) is 11.6. The molecule has 0 saturated carbocycles. The Hall–Kier alpha value is -2.79. The van der Waals surface area contributed by atoms with E-state index in [1.807, 2.05) is 19.1 Å². The predicted octanol–water partition coefficient (Wildman–Crippen LogP) is 6.59. The van der Waals surface area contributed by atoms with Gasteiger partial charge in [-0.25, -0.2) is 4.98 Å². The number of hydrogen-bond donors (Lipinski definition) is 2. The van der Waals surface area contributed by atoms with E-state index in [0.717, 1.165) is 60.5 Å². The lowest BCUT2D eigenvalue weighted by Crippen LogP contribution is -2.12. The van der Waals surface area contributed by atoms with Gasteiger partial charge in [-0.2, -0.15) is 0 Å². The number of phenolic OH excluding ortho intramolecular Hbond substituents is 1. The molecule has 0 unspecified atom stereocenters. The van der Waals surface area contributed by atoms with Gasteiger partial charge in [0.25, 0.3) is 0 Å². The predicted molar refractivity (Wildman–Crippen MR) is 139 cm³/mol. The molecule has 2 N–H and O–H groups in total. The molecule has 0 radical (unpaired) electrons. The Morgan fingerprint density at radius 2 is 1.82 bits per heavy atom. The lowest BCUT2D eigenvalue weighted by Gasteiger charge is -2.22. The summed E-state index contributed by atoms with van der Waals surface area (Å²) in [6.07, 6.45) is 5.20. The molecule has 0 amide bonds. The summed E-state index contributed by atoms with van der Waals surface area (Å²) in [5.41, 5.74) is 5.94. The topological polar surface area (TPSA) is 67.5 Å². The van der Waals surface area contributed by atoms with Crippen LogP contribution in [0.15, 0.2) is 41.0 Å². The zero-order valence-corrected chi connectivity index (χ0v) is 21.6. The summed E-state index contributed by atoms with van der Waals surface area (Å²) in [7, 11) is 0. The first-order chi connectivity index (χ1) is 16.3. The highest BCUT2D eigenvalue weighted by Crippen LogP contribution is 2.37. The number of oxazole rings is 1. The Balaban J connectivity index is 1.71. The number of nitrogens with one attached hydrogen (secondary N) is 1. The van der Waals surface area contributed by atoms with E-state index in [2.05, 4.69) is 58.1 Å². The maximum atomic E-state index is 10.7. The molecule has 5 nitrogen and oxygen atoms in total. The number of aromatic hydroxyl groups is 1. The Labute approximate surface area is 204 Å². The second-order valence-corrected chi connectivity index (χ2v) is 9.85. The van der Waals surface area contributed by atoms with Crippen LogP contribution in [-0.4, -0.2) is 23.2 Å². The standard InChI is InChI=1S/C29H40N2O3/c1-7-10-22-15-20(18-30-9-3)11-12-26(22)33-14-13-24-19-34-28(31-24)23-16-21(8-2)27(32)25(17-23)29(4,5)6/h11-12,15-17,19,30,32H,7-10,13-14,18H2,1-6H3. The average Bonchev–Trinajstić information content (AvgIpc) is 3.27. The molecule has 184 valence electrons. The van der Waals surface area contributed by atoms with Crippen molar-refractivity contribution < 1.29 is 14.3 Å². The molecule has 1 aromatic heterocycles. The maximum absolute atomic E-state index is 10.7. The van der Waals surface area contributed by atoms with Gasteiger partial charge in [0.2, 0.25) is 5.89 Å². The monoisotopic (exact) mass is 464 g/mol. The minimum absolute atomic E-state index is 0.175. The fourth-order valence-electron chi connectivity index (χ4n) is 4.10. The Morgan fingerprint density at radius 1 is 1.03 bits per heavy atom. The van der Waals surface area contributed by atoms with Gasteiger partial charge >= 0.3 is 0 Å². The molecule has 0 aliphatic carbocycles. The third-order valence-corrected chi connectivity index (χ3v) is 6.02. The highest BCUT2D eigenvalue weighted by atomic mass is 16.5. The number of ether oxygens (including phenoxy) is 1. The van der Waals surface area contributed by atoms with Crippen molar-refractivity contribution >= 4 is 0 Å². The van der Waals surface area contributed by atoms with Gasteiger partial charge in [-0.05, 0) is 59.7 Å². The number of benzene rings is 2. The van der Waals surface area contributed by atoms with Crippen molar-refractivity contribution in [3.8, 4) is 23.0 Å². The van der Waals surface area contributed by atoms with Gasteiger partial charge in [0.15, 0.2) is 0 Å². The molecule has 1 heterocycles. The molecule has 0 spiro atoms. The van der Waals surface area contributed by atoms with Crippen LogP contribution in [0.1, 0.15) is 75.9 Å². The summed E-state index contributed by atoms with van der Waals surface area (Å²) in [6.45, 7) is 15.0. The van der Waals surface area contributed by atoms with Crippen LogP contribution in [0, 0.1) is 0 Å². The normalized spacial score (nSPS) is 11.7. The van der Waals surface area contributed by atoms with Gasteiger partial charge in [0.1, 0.15) is 17.8 Å². The summed E-state index contributed by atoms with van der Waals surface area (Å²) in [6, 6.07) is 10.4. The van der Waals surface area contributed by atoms with Crippen molar-refractivity contribution in [1.82, 2.24) is 10.3 Å². The van der Waals surface area contributed by atoms with Crippen molar-refractivity contribution in [1.29, 1.82) is 0 Å². The van der Waals surface area contributed by atoms with Crippen molar-refractivity contribution in [3.05, 3.63) is 64.5 Å². The first-order valence-corrected chi connectivity index (χ1v) is 12.5. The minimum atomic E-state index is -0.175. The number of aryl methyl sites for hydroxylation is 2. The van der Waals surface area contributed by atoms with Crippen molar-refractivity contribution in [2.75, 3.05) is 13.2 Å². The first kappa shape index (κ1) is 25.8. The van der Waals surface area contributed by atoms with Gasteiger partial charge < -0.3 is 19.6 Å². The van der Waals surface area contributed by atoms with Crippen molar-refractivity contribution in [3.63, 3.8) is 0 Å².